The monoisotopic (exact) mass is 332 g/mol. The maximum atomic E-state index is 12.0. The van der Waals surface area contributed by atoms with Crippen LogP contribution in [-0.2, 0) is 16.2 Å². The summed E-state index contributed by atoms with van der Waals surface area (Å²) in [5.74, 6) is -0.361. The van der Waals surface area contributed by atoms with E-state index < -0.39 is 16.9 Å². The Labute approximate surface area is 137 Å². The smallest absolute Gasteiger partial charge is 0.271 e. The summed E-state index contributed by atoms with van der Waals surface area (Å²) in [5.41, 5.74) is 5.84. The molecule has 0 aliphatic rings. The summed E-state index contributed by atoms with van der Waals surface area (Å²) < 4.78 is 1.55. The van der Waals surface area contributed by atoms with Crippen LogP contribution >= 0.6 is 0 Å². The van der Waals surface area contributed by atoms with E-state index in [1.807, 2.05) is 0 Å². The molecule has 2 aromatic rings. The van der Waals surface area contributed by atoms with Crippen molar-refractivity contribution in [3.8, 4) is 0 Å². The van der Waals surface area contributed by atoms with Gasteiger partial charge in [0.05, 0.1) is 4.92 Å². The first-order chi connectivity index (χ1) is 11.5. The number of non-ortho nitro benzene ring substituents is 1. The Morgan fingerprint density at radius 2 is 2.33 bits per heavy atom. The van der Waals surface area contributed by atoms with Crippen LogP contribution in [0.15, 0.2) is 47.9 Å². The lowest BCUT2D eigenvalue weighted by atomic mass is 10.2. The molecule has 0 bridgehead atoms. The summed E-state index contributed by atoms with van der Waals surface area (Å²) in [5, 5.41) is 20.9. The van der Waals surface area contributed by atoms with Crippen molar-refractivity contribution < 1.29 is 14.6 Å². The summed E-state index contributed by atoms with van der Waals surface area (Å²) in [6.07, 6.45) is 2.38. The van der Waals surface area contributed by atoms with Crippen LogP contribution in [0.3, 0.4) is 0 Å². The lowest BCUT2D eigenvalue weighted by Crippen LogP contribution is -2.28. The summed E-state index contributed by atoms with van der Waals surface area (Å²) in [6.45, 7) is 1.71. The van der Waals surface area contributed by atoms with Crippen molar-refractivity contribution in [2.75, 3.05) is 5.32 Å². The first-order valence-electron chi connectivity index (χ1n) is 6.96. The molecular formula is C14H16N6O4. The zero-order valence-electron chi connectivity index (χ0n) is 12.8. The molecule has 1 atom stereocenters. The number of benzene rings is 1. The minimum atomic E-state index is -0.930. The van der Waals surface area contributed by atoms with Gasteiger partial charge in [0, 0.05) is 30.2 Å². The van der Waals surface area contributed by atoms with Crippen LogP contribution in [0.25, 0.3) is 0 Å². The van der Waals surface area contributed by atoms with Gasteiger partial charge in [0.15, 0.2) is 5.84 Å². The number of nitrogens with zero attached hydrogens (tertiary/aromatic N) is 4. The molecule has 0 unspecified atom stereocenters. The second-order valence-corrected chi connectivity index (χ2v) is 4.83. The fourth-order valence-electron chi connectivity index (χ4n) is 1.72. The zero-order chi connectivity index (χ0) is 17.5. The van der Waals surface area contributed by atoms with Crippen molar-refractivity contribution in [2.45, 2.75) is 19.6 Å². The highest BCUT2D eigenvalue weighted by Gasteiger charge is 2.16. The number of nitrogens with one attached hydrogen (secondary N) is 1. The first kappa shape index (κ1) is 16.9. The predicted molar refractivity (Wildman–Crippen MR) is 86.1 cm³/mol. The van der Waals surface area contributed by atoms with Crippen molar-refractivity contribution in [1.29, 1.82) is 0 Å². The number of aromatic nitrogens is 2. The molecule has 126 valence electrons. The molecular weight excluding hydrogens is 316 g/mol. The van der Waals surface area contributed by atoms with E-state index in [9.17, 15) is 14.9 Å². The number of oxime groups is 1. The number of carbonyl (C=O) groups excluding carboxylic acids is 1. The number of carbonyl (C=O) groups is 1. The van der Waals surface area contributed by atoms with Gasteiger partial charge in [0.1, 0.15) is 6.54 Å². The molecule has 2 rings (SSSR count). The van der Waals surface area contributed by atoms with Crippen LogP contribution < -0.4 is 11.1 Å². The average Bonchev–Trinajstić information content (AvgIpc) is 3.05. The molecule has 1 aromatic heterocycles. The lowest BCUT2D eigenvalue weighted by Gasteiger charge is -2.11. The van der Waals surface area contributed by atoms with Crippen LogP contribution in [0.5, 0.6) is 0 Å². The fraction of sp³-hybridized carbons (Fsp3) is 0.214. The van der Waals surface area contributed by atoms with Gasteiger partial charge >= 0.3 is 0 Å². The highest BCUT2D eigenvalue weighted by atomic mass is 16.6. The first-order valence-corrected chi connectivity index (χ1v) is 6.96. The molecule has 0 spiro atoms. The van der Waals surface area contributed by atoms with E-state index in [1.54, 1.807) is 23.1 Å². The Balaban J connectivity index is 1.90. The van der Waals surface area contributed by atoms with Gasteiger partial charge in [-0.2, -0.15) is 5.10 Å². The van der Waals surface area contributed by atoms with Crippen molar-refractivity contribution >= 4 is 23.1 Å². The van der Waals surface area contributed by atoms with Crippen molar-refractivity contribution in [1.82, 2.24) is 9.78 Å². The number of nitrogens with two attached hydrogens (primary N) is 1. The SMILES string of the molecule is C[C@@H](O/N=C(\N)Cn1cccn1)C(=O)Nc1cccc([N+](=O)[O-])c1. The summed E-state index contributed by atoms with van der Waals surface area (Å²) in [4.78, 5) is 27.2. The Morgan fingerprint density at radius 1 is 1.54 bits per heavy atom. The third kappa shape index (κ3) is 4.80. The Bertz CT molecular complexity index is 743. The van der Waals surface area contributed by atoms with Crippen LogP contribution in [0.2, 0.25) is 0 Å². The molecule has 24 heavy (non-hydrogen) atoms. The van der Waals surface area contributed by atoms with Gasteiger partial charge in [0.25, 0.3) is 11.6 Å². The molecule has 0 fully saturated rings. The average molecular weight is 332 g/mol. The minimum Gasteiger partial charge on any atom is -0.383 e. The molecule has 0 aliphatic carbocycles. The lowest BCUT2D eigenvalue weighted by molar-refractivity contribution is -0.384. The van der Waals surface area contributed by atoms with E-state index in [4.69, 9.17) is 10.6 Å². The molecule has 0 saturated carbocycles. The summed E-state index contributed by atoms with van der Waals surface area (Å²) >= 11 is 0. The molecule has 10 heteroatoms. The fourth-order valence-corrected chi connectivity index (χ4v) is 1.72. The number of nitro groups is 1. The van der Waals surface area contributed by atoms with E-state index in [1.165, 1.54) is 31.2 Å². The molecule has 1 aromatic carbocycles. The van der Waals surface area contributed by atoms with Gasteiger partial charge in [-0.05, 0) is 19.1 Å². The second-order valence-electron chi connectivity index (χ2n) is 4.83. The van der Waals surface area contributed by atoms with Crippen LogP contribution in [0.1, 0.15) is 6.92 Å². The van der Waals surface area contributed by atoms with Crippen LogP contribution in [-0.4, -0.2) is 32.6 Å². The summed E-state index contributed by atoms with van der Waals surface area (Å²) in [7, 11) is 0. The largest absolute Gasteiger partial charge is 0.383 e. The van der Waals surface area contributed by atoms with E-state index in [2.05, 4.69) is 15.6 Å². The van der Waals surface area contributed by atoms with E-state index in [0.29, 0.717) is 0 Å². The number of hydrogen-bond acceptors (Lipinski definition) is 6. The molecule has 0 saturated heterocycles. The Hall–Kier alpha value is -3.43. The Kier molecular flexibility index (Phi) is 5.45. The van der Waals surface area contributed by atoms with Gasteiger partial charge in [-0.1, -0.05) is 11.2 Å². The van der Waals surface area contributed by atoms with Gasteiger partial charge in [-0.15, -0.1) is 0 Å². The highest BCUT2D eigenvalue weighted by Crippen LogP contribution is 2.17. The van der Waals surface area contributed by atoms with Gasteiger partial charge < -0.3 is 15.9 Å². The number of rotatable bonds is 7. The van der Waals surface area contributed by atoms with Crippen LogP contribution in [0.4, 0.5) is 11.4 Å². The third-order valence-electron chi connectivity index (χ3n) is 2.90. The van der Waals surface area contributed by atoms with E-state index >= 15 is 0 Å². The summed E-state index contributed by atoms with van der Waals surface area (Å²) in [6, 6.07) is 7.32. The molecule has 0 radical (unpaired) electrons. The normalized spacial score (nSPS) is 12.5. The third-order valence-corrected chi connectivity index (χ3v) is 2.90. The van der Waals surface area contributed by atoms with Gasteiger partial charge in [-0.3, -0.25) is 19.6 Å². The molecule has 1 amide bonds. The van der Waals surface area contributed by atoms with Gasteiger partial charge in [0.2, 0.25) is 6.10 Å². The van der Waals surface area contributed by atoms with Crippen LogP contribution in [0, 0.1) is 10.1 Å². The Morgan fingerprint density at radius 3 is 3.00 bits per heavy atom. The minimum absolute atomic E-state index is 0.122. The van der Waals surface area contributed by atoms with E-state index in [0.717, 1.165) is 0 Å². The number of amides is 1. The van der Waals surface area contributed by atoms with Crippen molar-refractivity contribution in [3.63, 3.8) is 0 Å². The van der Waals surface area contributed by atoms with Crippen molar-refractivity contribution in [3.05, 3.63) is 52.8 Å². The highest BCUT2D eigenvalue weighted by molar-refractivity contribution is 5.94. The van der Waals surface area contributed by atoms with Gasteiger partial charge in [-0.25, -0.2) is 0 Å². The molecule has 0 aliphatic heterocycles. The standard InChI is InChI=1S/C14H16N6O4/c1-10(24-18-13(15)9-19-7-3-6-16-19)14(21)17-11-4-2-5-12(8-11)20(22)23/h2-8,10H,9H2,1H3,(H2,15,18)(H,17,21)/t10-/m1/s1. The molecule has 10 nitrogen and oxygen atoms in total. The number of amidine groups is 1. The number of nitro benzene ring substituents is 1. The number of hydrogen-bond donors (Lipinski definition) is 2. The quantitative estimate of drug-likeness (QED) is 0.337. The predicted octanol–water partition coefficient (Wildman–Crippen LogP) is 1.11. The zero-order valence-corrected chi connectivity index (χ0v) is 12.8. The van der Waals surface area contributed by atoms with Crippen molar-refractivity contribution in [2.24, 2.45) is 10.9 Å². The van der Waals surface area contributed by atoms with E-state index in [-0.39, 0.29) is 23.8 Å². The number of anilines is 1. The molecule has 3 N–H and O–H groups in total. The maximum Gasteiger partial charge on any atom is 0.271 e. The topological polar surface area (TPSA) is 138 Å². The maximum absolute atomic E-state index is 12.0. The molecule has 1 heterocycles. The second kappa shape index (κ2) is 7.72.